The average molecular weight is 150 g/mol. The van der Waals surface area contributed by atoms with Crippen molar-refractivity contribution in [3.8, 4) is 0 Å². The van der Waals surface area contributed by atoms with Gasteiger partial charge in [-0.3, -0.25) is 0 Å². The minimum Gasteiger partial charge on any atom is -0.474 e. The first-order valence-corrected chi connectivity index (χ1v) is 5.35. The Labute approximate surface area is 57.6 Å². The monoisotopic (exact) mass is 150 g/mol. The smallest absolute Gasteiger partial charge is 0.346 e. The first kappa shape index (κ1) is 8.82. The van der Waals surface area contributed by atoms with Gasteiger partial charge in [0.2, 0.25) is 0 Å². The molecule has 0 bridgehead atoms. The maximum absolute atomic E-state index is 10.5. The summed E-state index contributed by atoms with van der Waals surface area (Å²) in [5.41, 5.74) is 0. The molecule has 0 radical (unpaired) electrons. The van der Waals surface area contributed by atoms with E-state index < -0.39 is 15.3 Å². The standard InChI is InChI=1S/C6H14O2S/c1-5(2)9(3,4)6(7)8/h5H,1-4H3,(H,7,8). The number of carbonyl (C=O) groups is 1. The van der Waals surface area contributed by atoms with Gasteiger partial charge in [-0.1, -0.05) is 13.8 Å². The van der Waals surface area contributed by atoms with Gasteiger partial charge in [0, 0.05) is 0 Å². The molecule has 9 heavy (non-hydrogen) atoms. The molecule has 0 aliphatic rings. The third kappa shape index (κ3) is 1.90. The molecule has 0 rings (SSSR count). The Morgan fingerprint density at radius 1 is 1.44 bits per heavy atom. The molecular weight excluding hydrogens is 136 g/mol. The Morgan fingerprint density at radius 3 is 1.78 bits per heavy atom. The van der Waals surface area contributed by atoms with Crippen LogP contribution in [0, 0.1) is 0 Å². The van der Waals surface area contributed by atoms with Gasteiger partial charge < -0.3 is 5.11 Å². The zero-order chi connectivity index (χ0) is 7.65. The lowest BCUT2D eigenvalue weighted by molar-refractivity contribution is 0.221. The van der Waals surface area contributed by atoms with E-state index in [1.165, 1.54) is 0 Å². The molecular formula is C6H14O2S. The summed E-state index contributed by atoms with van der Waals surface area (Å²) in [6.45, 7) is 3.90. The van der Waals surface area contributed by atoms with Crippen LogP contribution in [0.5, 0.6) is 0 Å². The molecule has 0 unspecified atom stereocenters. The van der Waals surface area contributed by atoms with E-state index in [0.29, 0.717) is 0 Å². The quantitative estimate of drug-likeness (QED) is 0.621. The summed E-state index contributed by atoms with van der Waals surface area (Å²) < 4.78 is 0. The largest absolute Gasteiger partial charge is 0.474 e. The molecule has 2 nitrogen and oxygen atoms in total. The Morgan fingerprint density at radius 2 is 1.78 bits per heavy atom. The number of hydrogen-bond donors (Lipinski definition) is 1. The molecule has 3 heteroatoms. The second-order valence-corrected chi connectivity index (χ2v) is 6.82. The van der Waals surface area contributed by atoms with Gasteiger partial charge in [-0.05, 0) is 17.8 Å². The molecule has 0 aromatic rings. The summed E-state index contributed by atoms with van der Waals surface area (Å²) in [5, 5.41) is 8.28. The lowest BCUT2D eigenvalue weighted by atomic mass is 10.6. The van der Waals surface area contributed by atoms with Gasteiger partial charge in [-0.15, -0.1) is 10.0 Å². The van der Waals surface area contributed by atoms with E-state index in [-0.39, 0.29) is 5.25 Å². The van der Waals surface area contributed by atoms with Crippen molar-refractivity contribution in [1.82, 2.24) is 0 Å². The van der Waals surface area contributed by atoms with Crippen molar-refractivity contribution in [1.29, 1.82) is 0 Å². The van der Waals surface area contributed by atoms with Crippen molar-refractivity contribution < 1.29 is 9.90 Å². The fourth-order valence-corrected chi connectivity index (χ4v) is 0.605. The topological polar surface area (TPSA) is 37.3 Å². The maximum atomic E-state index is 10.5. The maximum Gasteiger partial charge on any atom is 0.346 e. The van der Waals surface area contributed by atoms with E-state index in [2.05, 4.69) is 0 Å². The second-order valence-electron chi connectivity index (χ2n) is 2.72. The molecule has 0 aliphatic heterocycles. The predicted octanol–water partition coefficient (Wildman–Crippen LogP) is 2.14. The van der Waals surface area contributed by atoms with Crippen LogP contribution in [0.3, 0.4) is 0 Å². The molecule has 1 N–H and O–H groups in total. The second kappa shape index (κ2) is 2.60. The first-order chi connectivity index (χ1) is 3.89. The lowest BCUT2D eigenvalue weighted by Gasteiger charge is -2.29. The highest BCUT2D eigenvalue weighted by Gasteiger charge is 2.24. The summed E-state index contributed by atoms with van der Waals surface area (Å²) in [5.74, 6) is 0. The summed E-state index contributed by atoms with van der Waals surface area (Å²) in [6, 6.07) is 0. The fraction of sp³-hybridized carbons (Fsp3) is 0.833. The van der Waals surface area contributed by atoms with E-state index in [0.717, 1.165) is 0 Å². The minimum atomic E-state index is -1.40. The molecule has 0 fully saturated rings. The van der Waals surface area contributed by atoms with Gasteiger partial charge in [0.1, 0.15) is 0 Å². The highest BCUT2D eigenvalue weighted by atomic mass is 32.3. The van der Waals surface area contributed by atoms with Crippen molar-refractivity contribution in [3.63, 3.8) is 0 Å². The van der Waals surface area contributed by atoms with Crippen LogP contribution < -0.4 is 0 Å². The van der Waals surface area contributed by atoms with Crippen molar-refractivity contribution in [2.75, 3.05) is 12.5 Å². The third-order valence-corrected chi connectivity index (χ3v) is 4.89. The van der Waals surface area contributed by atoms with Crippen LogP contribution in [0.2, 0.25) is 0 Å². The average Bonchev–Trinajstić information content (AvgIpc) is 1.65. The summed E-state index contributed by atoms with van der Waals surface area (Å²) in [6.07, 6.45) is 3.64. The van der Waals surface area contributed by atoms with Gasteiger partial charge in [0.15, 0.2) is 0 Å². The van der Waals surface area contributed by atoms with E-state index in [9.17, 15) is 4.79 Å². The third-order valence-electron chi connectivity index (χ3n) is 1.63. The first-order valence-electron chi connectivity index (χ1n) is 2.84. The summed E-state index contributed by atoms with van der Waals surface area (Å²) >= 11 is 0. The Hall–Kier alpha value is -0.180. The van der Waals surface area contributed by atoms with Crippen LogP contribution in [0.15, 0.2) is 0 Å². The molecule has 0 amide bonds. The fourth-order valence-electron chi connectivity index (χ4n) is 0.202. The van der Waals surface area contributed by atoms with Crippen molar-refractivity contribution in [3.05, 3.63) is 0 Å². The van der Waals surface area contributed by atoms with Gasteiger partial charge in [-0.2, -0.15) is 0 Å². The molecule has 0 aliphatic carbocycles. The SMILES string of the molecule is CC(C)S(C)(C)C(=O)O. The molecule has 0 heterocycles. The Balaban J connectivity index is 4.19. The zero-order valence-electron chi connectivity index (χ0n) is 6.34. The van der Waals surface area contributed by atoms with E-state index >= 15 is 0 Å². The minimum absolute atomic E-state index is 0.273. The molecule has 0 aromatic carbocycles. The van der Waals surface area contributed by atoms with Gasteiger partial charge in [-0.25, -0.2) is 4.79 Å². The Kier molecular flexibility index (Phi) is 2.55. The van der Waals surface area contributed by atoms with E-state index in [1.54, 1.807) is 0 Å². The molecule has 56 valence electrons. The molecule has 0 aromatic heterocycles. The molecule has 0 spiro atoms. The number of hydrogen-bond acceptors (Lipinski definition) is 1. The predicted molar refractivity (Wildman–Crippen MR) is 42.6 cm³/mol. The van der Waals surface area contributed by atoms with Crippen molar-refractivity contribution in [2.45, 2.75) is 19.1 Å². The molecule has 0 atom stereocenters. The van der Waals surface area contributed by atoms with Crippen LogP contribution in [0.4, 0.5) is 4.79 Å². The van der Waals surface area contributed by atoms with Crippen molar-refractivity contribution in [2.24, 2.45) is 0 Å². The van der Waals surface area contributed by atoms with Gasteiger partial charge in [0.25, 0.3) is 0 Å². The van der Waals surface area contributed by atoms with Gasteiger partial charge in [0.05, 0.1) is 0 Å². The van der Waals surface area contributed by atoms with E-state index in [1.807, 2.05) is 26.4 Å². The Bertz CT molecular complexity index is 118. The number of carboxylic acid groups (broad SMARTS) is 1. The normalized spacial score (nSPS) is 13.9. The van der Waals surface area contributed by atoms with Crippen molar-refractivity contribution >= 4 is 15.3 Å². The van der Waals surface area contributed by atoms with E-state index in [4.69, 9.17) is 5.11 Å². The molecule has 0 saturated heterocycles. The summed E-state index contributed by atoms with van der Waals surface area (Å²) in [4.78, 5) is 10.5. The van der Waals surface area contributed by atoms with Crippen LogP contribution in [-0.4, -0.2) is 28.2 Å². The van der Waals surface area contributed by atoms with Crippen LogP contribution in [0.1, 0.15) is 13.8 Å². The van der Waals surface area contributed by atoms with Crippen LogP contribution in [0.25, 0.3) is 0 Å². The zero-order valence-corrected chi connectivity index (χ0v) is 7.16. The van der Waals surface area contributed by atoms with Gasteiger partial charge >= 0.3 is 5.30 Å². The highest BCUT2D eigenvalue weighted by Crippen LogP contribution is 2.45. The van der Waals surface area contributed by atoms with Crippen LogP contribution >= 0.6 is 10.0 Å². The molecule has 0 saturated carbocycles. The lowest BCUT2D eigenvalue weighted by Crippen LogP contribution is -2.16. The highest BCUT2D eigenvalue weighted by molar-refractivity contribution is 8.44. The summed E-state index contributed by atoms with van der Waals surface area (Å²) in [7, 11) is -1.40. The van der Waals surface area contributed by atoms with Crippen LogP contribution in [-0.2, 0) is 0 Å². The number of rotatable bonds is 1.